The summed E-state index contributed by atoms with van der Waals surface area (Å²) >= 11 is 0. The summed E-state index contributed by atoms with van der Waals surface area (Å²) < 4.78 is 26.7. The molecule has 6 nitrogen and oxygen atoms in total. The molecule has 1 aliphatic heterocycles. The van der Waals surface area contributed by atoms with Crippen molar-refractivity contribution < 1.29 is 13.2 Å². The van der Waals surface area contributed by atoms with Crippen LogP contribution in [0.1, 0.15) is 31.2 Å². The second-order valence-corrected chi connectivity index (χ2v) is 9.65. The first-order valence-electron chi connectivity index (χ1n) is 10.6. The van der Waals surface area contributed by atoms with E-state index in [0.29, 0.717) is 37.4 Å². The van der Waals surface area contributed by atoms with Gasteiger partial charge in [-0.2, -0.15) is 4.31 Å². The number of sulfonamides is 1. The molecule has 1 saturated heterocycles. The van der Waals surface area contributed by atoms with Crippen LogP contribution in [0.4, 0.5) is 5.69 Å². The normalized spacial score (nSPS) is 14.6. The van der Waals surface area contributed by atoms with Gasteiger partial charge >= 0.3 is 0 Å². The van der Waals surface area contributed by atoms with E-state index in [4.69, 9.17) is 0 Å². The van der Waals surface area contributed by atoms with Crippen LogP contribution in [0.3, 0.4) is 0 Å². The molecule has 1 heterocycles. The molecule has 1 N–H and O–H groups in total. The van der Waals surface area contributed by atoms with Gasteiger partial charge < -0.3 is 10.2 Å². The number of amides is 1. The van der Waals surface area contributed by atoms with Crippen molar-refractivity contribution in [2.45, 2.75) is 37.0 Å². The fourth-order valence-electron chi connectivity index (χ4n) is 3.61. The van der Waals surface area contributed by atoms with Crippen molar-refractivity contribution in [1.29, 1.82) is 0 Å². The van der Waals surface area contributed by atoms with Gasteiger partial charge in [-0.25, -0.2) is 8.42 Å². The summed E-state index contributed by atoms with van der Waals surface area (Å²) in [7, 11) is -1.33. The number of para-hydroxylation sites is 1. The predicted molar refractivity (Wildman–Crippen MR) is 120 cm³/mol. The molecule has 1 amide bonds. The van der Waals surface area contributed by atoms with Crippen LogP contribution in [0.2, 0.25) is 0 Å². The van der Waals surface area contributed by atoms with Gasteiger partial charge in [0.25, 0.3) is 0 Å². The van der Waals surface area contributed by atoms with E-state index in [1.807, 2.05) is 37.4 Å². The number of nitrogens with zero attached hydrogens (tertiary/aromatic N) is 2. The molecule has 0 aliphatic carbocycles. The number of hydrogen-bond acceptors (Lipinski definition) is 4. The highest BCUT2D eigenvalue weighted by atomic mass is 32.2. The van der Waals surface area contributed by atoms with Crippen LogP contribution in [0.15, 0.2) is 59.5 Å². The third-order valence-corrected chi connectivity index (χ3v) is 7.37. The van der Waals surface area contributed by atoms with Crippen molar-refractivity contribution in [3.63, 3.8) is 0 Å². The minimum Gasteiger partial charge on any atom is -0.375 e. The maximum atomic E-state index is 12.6. The topological polar surface area (TPSA) is 69.7 Å². The number of hydrogen-bond donors (Lipinski definition) is 1. The van der Waals surface area contributed by atoms with Crippen LogP contribution in [0.5, 0.6) is 0 Å². The Labute approximate surface area is 179 Å². The number of benzene rings is 2. The Morgan fingerprint density at radius 1 is 1.03 bits per heavy atom. The Balaban J connectivity index is 1.37. The summed E-state index contributed by atoms with van der Waals surface area (Å²) in [5.41, 5.74) is 2.13. The van der Waals surface area contributed by atoms with E-state index in [9.17, 15) is 13.2 Å². The van der Waals surface area contributed by atoms with Crippen LogP contribution < -0.4 is 10.2 Å². The maximum absolute atomic E-state index is 12.6. The first-order chi connectivity index (χ1) is 14.5. The van der Waals surface area contributed by atoms with Crippen molar-refractivity contribution in [3.05, 3.63) is 60.2 Å². The second-order valence-electron chi connectivity index (χ2n) is 7.72. The van der Waals surface area contributed by atoms with Crippen LogP contribution in [-0.2, 0) is 21.2 Å². The quantitative estimate of drug-likeness (QED) is 0.590. The maximum Gasteiger partial charge on any atom is 0.243 e. The number of anilines is 1. The van der Waals surface area contributed by atoms with Gasteiger partial charge in [0.2, 0.25) is 15.9 Å². The van der Waals surface area contributed by atoms with Crippen molar-refractivity contribution in [2.75, 3.05) is 38.1 Å². The SMILES string of the molecule is CN(CCCNC(=O)CCc1ccc(S(=O)(=O)N2CCCC2)cc1)c1ccccc1. The monoisotopic (exact) mass is 429 g/mol. The van der Waals surface area contributed by atoms with Crippen LogP contribution >= 0.6 is 0 Å². The second kappa shape index (κ2) is 10.6. The van der Waals surface area contributed by atoms with E-state index in [1.54, 1.807) is 16.4 Å². The van der Waals surface area contributed by atoms with Gasteiger partial charge in [0.15, 0.2) is 0 Å². The summed E-state index contributed by atoms with van der Waals surface area (Å²) in [5, 5.41) is 2.96. The van der Waals surface area contributed by atoms with Crippen molar-refractivity contribution >= 4 is 21.6 Å². The molecule has 1 fully saturated rings. The molecular formula is C23H31N3O3S. The number of nitrogens with one attached hydrogen (secondary N) is 1. The number of carbonyl (C=O) groups excluding carboxylic acids is 1. The summed E-state index contributed by atoms with van der Waals surface area (Å²) in [6.07, 6.45) is 3.72. The summed E-state index contributed by atoms with van der Waals surface area (Å²) in [4.78, 5) is 14.6. The summed E-state index contributed by atoms with van der Waals surface area (Å²) in [6, 6.07) is 17.1. The van der Waals surface area contributed by atoms with E-state index < -0.39 is 10.0 Å². The van der Waals surface area contributed by atoms with Gasteiger partial charge in [0, 0.05) is 45.3 Å². The lowest BCUT2D eigenvalue weighted by Gasteiger charge is -2.19. The fraction of sp³-hybridized carbons (Fsp3) is 0.435. The van der Waals surface area contributed by atoms with Crippen LogP contribution in [0.25, 0.3) is 0 Å². The van der Waals surface area contributed by atoms with Crippen LogP contribution in [-0.4, -0.2) is 51.9 Å². The van der Waals surface area contributed by atoms with Crippen molar-refractivity contribution in [3.8, 4) is 0 Å². The van der Waals surface area contributed by atoms with Crippen molar-refractivity contribution in [1.82, 2.24) is 9.62 Å². The first kappa shape index (κ1) is 22.3. The number of aryl methyl sites for hydroxylation is 1. The highest BCUT2D eigenvalue weighted by molar-refractivity contribution is 7.89. The Morgan fingerprint density at radius 2 is 1.70 bits per heavy atom. The lowest BCUT2D eigenvalue weighted by atomic mass is 10.1. The minimum atomic E-state index is -3.38. The Morgan fingerprint density at radius 3 is 2.37 bits per heavy atom. The standard InChI is InChI=1S/C23H31N3O3S/c1-25(21-8-3-2-4-9-21)17-7-16-24-23(27)15-12-20-10-13-22(14-11-20)30(28,29)26-18-5-6-19-26/h2-4,8-11,13-14H,5-7,12,15-19H2,1H3,(H,24,27). The van der Waals surface area contributed by atoms with E-state index in [2.05, 4.69) is 22.3 Å². The third kappa shape index (κ3) is 6.06. The summed E-state index contributed by atoms with van der Waals surface area (Å²) in [6.45, 7) is 2.72. The molecule has 7 heteroatoms. The molecule has 2 aromatic carbocycles. The third-order valence-electron chi connectivity index (χ3n) is 5.46. The lowest BCUT2D eigenvalue weighted by molar-refractivity contribution is -0.121. The average molecular weight is 430 g/mol. The smallest absolute Gasteiger partial charge is 0.243 e. The number of rotatable bonds is 10. The Bertz CT molecular complexity index is 908. The molecule has 0 unspecified atom stereocenters. The highest BCUT2D eigenvalue weighted by Crippen LogP contribution is 2.21. The molecular weight excluding hydrogens is 398 g/mol. The minimum absolute atomic E-state index is 0.0196. The zero-order valence-corrected chi connectivity index (χ0v) is 18.4. The Kier molecular flexibility index (Phi) is 7.87. The molecule has 0 saturated carbocycles. The zero-order chi connectivity index (χ0) is 21.4. The molecule has 0 spiro atoms. The summed E-state index contributed by atoms with van der Waals surface area (Å²) in [5.74, 6) is 0.0196. The molecule has 2 aromatic rings. The van der Waals surface area contributed by atoms with E-state index in [-0.39, 0.29) is 5.91 Å². The lowest BCUT2D eigenvalue weighted by Crippen LogP contribution is -2.28. The van der Waals surface area contributed by atoms with Gasteiger partial charge in [-0.15, -0.1) is 0 Å². The molecule has 0 atom stereocenters. The zero-order valence-electron chi connectivity index (χ0n) is 17.6. The van der Waals surface area contributed by atoms with Gasteiger partial charge in [-0.3, -0.25) is 4.79 Å². The van der Waals surface area contributed by atoms with Crippen LogP contribution in [0, 0.1) is 0 Å². The molecule has 0 aromatic heterocycles. The average Bonchev–Trinajstić information content (AvgIpc) is 3.32. The van der Waals surface area contributed by atoms with Crippen molar-refractivity contribution in [2.24, 2.45) is 0 Å². The molecule has 3 rings (SSSR count). The molecule has 0 radical (unpaired) electrons. The van der Waals surface area contributed by atoms with Gasteiger partial charge in [-0.05, 0) is 55.5 Å². The fourth-order valence-corrected chi connectivity index (χ4v) is 5.12. The molecule has 30 heavy (non-hydrogen) atoms. The molecule has 0 bridgehead atoms. The first-order valence-corrected chi connectivity index (χ1v) is 12.0. The van der Waals surface area contributed by atoms with Gasteiger partial charge in [-0.1, -0.05) is 30.3 Å². The number of carbonyl (C=O) groups is 1. The van der Waals surface area contributed by atoms with E-state index in [0.717, 1.165) is 31.4 Å². The van der Waals surface area contributed by atoms with E-state index in [1.165, 1.54) is 5.69 Å². The van der Waals surface area contributed by atoms with Gasteiger partial charge in [0.1, 0.15) is 0 Å². The van der Waals surface area contributed by atoms with Gasteiger partial charge in [0.05, 0.1) is 4.90 Å². The van der Waals surface area contributed by atoms with E-state index >= 15 is 0 Å². The molecule has 1 aliphatic rings. The Hall–Kier alpha value is -2.38. The highest BCUT2D eigenvalue weighted by Gasteiger charge is 2.26. The predicted octanol–water partition coefficient (Wildman–Crippen LogP) is 3.05. The largest absolute Gasteiger partial charge is 0.375 e. The molecule has 162 valence electrons.